The Morgan fingerprint density at radius 3 is 2.73 bits per heavy atom. The average molecular weight is 473 g/mol. The number of guanidine groups is 1. The molecule has 6 nitrogen and oxygen atoms in total. The molecule has 0 aromatic carbocycles. The number of halogens is 1. The molecule has 3 rings (SSSR count). The van der Waals surface area contributed by atoms with Gasteiger partial charge in [-0.15, -0.1) is 24.0 Å². The van der Waals surface area contributed by atoms with E-state index in [-0.39, 0.29) is 24.0 Å². The summed E-state index contributed by atoms with van der Waals surface area (Å²) in [4.78, 5) is 11.2. The number of hydrogen-bond acceptors (Lipinski definition) is 4. The van der Waals surface area contributed by atoms with Crippen LogP contribution in [-0.2, 0) is 11.3 Å². The van der Waals surface area contributed by atoms with E-state index < -0.39 is 0 Å². The maximum absolute atomic E-state index is 5.64. The first-order valence-corrected chi connectivity index (χ1v) is 9.57. The highest BCUT2D eigenvalue weighted by atomic mass is 127. The normalized spacial score (nSPS) is 17.1. The largest absolute Gasteiger partial charge is 0.381 e. The lowest BCUT2D eigenvalue weighted by atomic mass is 10.3. The van der Waals surface area contributed by atoms with Crippen LogP contribution in [0, 0.1) is 5.92 Å². The second-order valence-electron chi connectivity index (χ2n) is 6.94. The van der Waals surface area contributed by atoms with Crippen molar-refractivity contribution in [2.24, 2.45) is 10.9 Å². The molecule has 1 aromatic heterocycles. The summed E-state index contributed by atoms with van der Waals surface area (Å²) < 4.78 is 5.64. The minimum atomic E-state index is 0. The Bertz CT molecular complexity index is 541. The van der Waals surface area contributed by atoms with Crippen LogP contribution in [0.2, 0.25) is 0 Å². The fourth-order valence-corrected chi connectivity index (χ4v) is 2.98. The van der Waals surface area contributed by atoms with Crippen molar-refractivity contribution in [3.8, 4) is 0 Å². The number of rotatable bonds is 9. The molecule has 0 amide bonds. The number of nitrogens with zero attached hydrogens (tertiary/aromatic N) is 3. The van der Waals surface area contributed by atoms with E-state index in [9.17, 15) is 0 Å². The van der Waals surface area contributed by atoms with Gasteiger partial charge in [0.25, 0.3) is 0 Å². The van der Waals surface area contributed by atoms with Crippen LogP contribution in [0.4, 0.5) is 5.82 Å². The standard InChI is InChI=1S/C19H31N5O.HI/c1-20-19(21-9-4-12-25-15-16-5-6-16)23-14-17-7-8-18(22-13-17)24-10-2-3-11-24;/h7-8,13,16H,2-6,9-12,14-15H2,1H3,(H2,20,21,23);1H. The smallest absolute Gasteiger partial charge is 0.191 e. The van der Waals surface area contributed by atoms with Gasteiger partial charge in [0.2, 0.25) is 0 Å². The molecule has 2 aliphatic rings. The summed E-state index contributed by atoms with van der Waals surface area (Å²) in [6.45, 7) is 5.62. The van der Waals surface area contributed by atoms with E-state index in [2.05, 4.69) is 37.6 Å². The topological polar surface area (TPSA) is 61.8 Å². The van der Waals surface area contributed by atoms with E-state index >= 15 is 0 Å². The van der Waals surface area contributed by atoms with Crippen molar-refractivity contribution >= 4 is 35.8 Å². The number of aliphatic imine (C=N–C) groups is 1. The van der Waals surface area contributed by atoms with Gasteiger partial charge in [0.1, 0.15) is 5.82 Å². The summed E-state index contributed by atoms with van der Waals surface area (Å²) in [5.74, 6) is 2.76. The SMILES string of the molecule is CN=C(NCCCOCC1CC1)NCc1ccc(N2CCCC2)nc1.I. The van der Waals surface area contributed by atoms with Gasteiger partial charge < -0.3 is 20.3 Å². The van der Waals surface area contributed by atoms with Crippen LogP contribution in [0.3, 0.4) is 0 Å². The zero-order chi connectivity index (χ0) is 17.3. The van der Waals surface area contributed by atoms with E-state index in [0.29, 0.717) is 0 Å². The summed E-state index contributed by atoms with van der Waals surface area (Å²) in [5, 5.41) is 6.67. The minimum absolute atomic E-state index is 0. The fraction of sp³-hybridized carbons (Fsp3) is 0.684. The van der Waals surface area contributed by atoms with Gasteiger partial charge in [-0.3, -0.25) is 4.99 Å². The highest BCUT2D eigenvalue weighted by molar-refractivity contribution is 14.0. The molecule has 0 unspecified atom stereocenters. The molecule has 1 aliphatic heterocycles. The van der Waals surface area contributed by atoms with Crippen molar-refractivity contribution in [2.75, 3.05) is 44.8 Å². The van der Waals surface area contributed by atoms with Crippen molar-refractivity contribution in [1.29, 1.82) is 0 Å². The molecule has 146 valence electrons. The second-order valence-corrected chi connectivity index (χ2v) is 6.94. The Kier molecular flexibility index (Phi) is 9.45. The van der Waals surface area contributed by atoms with E-state index in [1.165, 1.54) is 31.2 Å². The summed E-state index contributed by atoms with van der Waals surface area (Å²) in [7, 11) is 1.80. The molecule has 0 bridgehead atoms. The third-order valence-corrected chi connectivity index (χ3v) is 4.73. The molecule has 26 heavy (non-hydrogen) atoms. The Balaban J connectivity index is 0.00000243. The first kappa shape index (κ1) is 21.2. The van der Waals surface area contributed by atoms with Gasteiger partial charge in [0.15, 0.2) is 5.96 Å². The maximum Gasteiger partial charge on any atom is 0.191 e. The molecule has 7 heteroatoms. The molecule has 0 radical (unpaired) electrons. The lowest BCUT2D eigenvalue weighted by molar-refractivity contribution is 0.123. The van der Waals surface area contributed by atoms with Crippen molar-refractivity contribution < 1.29 is 4.74 Å². The molecule has 0 atom stereocenters. The van der Waals surface area contributed by atoms with Gasteiger partial charge in [0, 0.05) is 52.6 Å². The van der Waals surface area contributed by atoms with Crippen LogP contribution < -0.4 is 15.5 Å². The number of nitrogens with one attached hydrogen (secondary N) is 2. The first-order valence-electron chi connectivity index (χ1n) is 9.57. The van der Waals surface area contributed by atoms with Crippen LogP contribution in [0.1, 0.15) is 37.7 Å². The van der Waals surface area contributed by atoms with Gasteiger partial charge >= 0.3 is 0 Å². The van der Waals surface area contributed by atoms with Crippen molar-refractivity contribution in [3.05, 3.63) is 23.9 Å². The van der Waals surface area contributed by atoms with Gasteiger partial charge in [-0.1, -0.05) is 6.07 Å². The van der Waals surface area contributed by atoms with E-state index in [1.54, 1.807) is 7.05 Å². The molecule has 0 spiro atoms. The lowest BCUT2D eigenvalue weighted by Gasteiger charge is -2.16. The second kappa shape index (κ2) is 11.6. The molecular formula is C19H32IN5O. The van der Waals surface area contributed by atoms with Crippen molar-refractivity contribution in [1.82, 2.24) is 15.6 Å². The Morgan fingerprint density at radius 1 is 1.27 bits per heavy atom. The summed E-state index contributed by atoms with van der Waals surface area (Å²) in [6, 6.07) is 4.27. The summed E-state index contributed by atoms with van der Waals surface area (Å²) >= 11 is 0. The summed E-state index contributed by atoms with van der Waals surface area (Å²) in [6.07, 6.45) is 8.21. The molecule has 2 N–H and O–H groups in total. The zero-order valence-electron chi connectivity index (χ0n) is 15.7. The number of aromatic nitrogens is 1. The predicted octanol–water partition coefficient (Wildman–Crippen LogP) is 2.78. The monoisotopic (exact) mass is 473 g/mol. The molecule has 1 saturated heterocycles. The quantitative estimate of drug-likeness (QED) is 0.250. The van der Waals surface area contributed by atoms with Crippen LogP contribution in [-0.4, -0.2) is 50.8 Å². The molecule has 1 aromatic rings. The van der Waals surface area contributed by atoms with Crippen LogP contribution in [0.5, 0.6) is 0 Å². The number of ether oxygens (including phenoxy) is 1. The lowest BCUT2D eigenvalue weighted by Crippen LogP contribution is -2.37. The van der Waals surface area contributed by atoms with Gasteiger partial charge in [0.05, 0.1) is 0 Å². The van der Waals surface area contributed by atoms with Crippen LogP contribution >= 0.6 is 24.0 Å². The average Bonchev–Trinajstić information content (AvgIpc) is 3.31. The summed E-state index contributed by atoms with van der Waals surface area (Å²) in [5.41, 5.74) is 1.17. The maximum atomic E-state index is 5.64. The highest BCUT2D eigenvalue weighted by Gasteiger charge is 2.20. The Labute approximate surface area is 174 Å². The zero-order valence-corrected chi connectivity index (χ0v) is 18.1. The van der Waals surface area contributed by atoms with Crippen LogP contribution in [0.25, 0.3) is 0 Å². The fourth-order valence-electron chi connectivity index (χ4n) is 2.98. The molecule has 2 heterocycles. The minimum Gasteiger partial charge on any atom is -0.381 e. The molecule has 1 saturated carbocycles. The third-order valence-electron chi connectivity index (χ3n) is 4.73. The van der Waals surface area contributed by atoms with Gasteiger partial charge in [-0.05, 0) is 49.7 Å². The Hall–Kier alpha value is -1.09. The first-order chi connectivity index (χ1) is 12.3. The van der Waals surface area contributed by atoms with E-state index in [0.717, 1.165) is 63.5 Å². The third kappa shape index (κ3) is 7.26. The van der Waals surface area contributed by atoms with Gasteiger partial charge in [-0.25, -0.2) is 4.98 Å². The van der Waals surface area contributed by atoms with Gasteiger partial charge in [-0.2, -0.15) is 0 Å². The van der Waals surface area contributed by atoms with Crippen LogP contribution in [0.15, 0.2) is 23.3 Å². The Morgan fingerprint density at radius 2 is 2.08 bits per heavy atom. The highest BCUT2D eigenvalue weighted by Crippen LogP contribution is 2.28. The number of hydrogen-bond donors (Lipinski definition) is 2. The van der Waals surface area contributed by atoms with Crippen molar-refractivity contribution in [3.63, 3.8) is 0 Å². The molecular weight excluding hydrogens is 441 g/mol. The van der Waals surface area contributed by atoms with E-state index in [4.69, 9.17) is 4.74 Å². The number of pyridine rings is 1. The van der Waals surface area contributed by atoms with Crippen molar-refractivity contribution in [2.45, 2.75) is 38.6 Å². The molecule has 2 fully saturated rings. The number of anilines is 1. The molecule has 1 aliphatic carbocycles. The van der Waals surface area contributed by atoms with E-state index in [1.807, 2.05) is 6.20 Å². The predicted molar refractivity (Wildman–Crippen MR) is 117 cm³/mol.